The van der Waals surface area contributed by atoms with Crippen LogP contribution in [0.5, 0.6) is 0 Å². The molecule has 2 unspecified atom stereocenters. The molecular formula is C17H18BrClN2. The Morgan fingerprint density at radius 1 is 1.19 bits per heavy atom. The maximum absolute atomic E-state index is 6.43. The number of nitrogens with one attached hydrogen (secondary N) is 1. The molecule has 21 heavy (non-hydrogen) atoms. The van der Waals surface area contributed by atoms with Crippen LogP contribution >= 0.6 is 27.5 Å². The second-order valence-electron chi connectivity index (χ2n) is 5.47. The lowest BCUT2D eigenvalue weighted by Gasteiger charge is -2.41. The van der Waals surface area contributed by atoms with Gasteiger partial charge in [-0.25, -0.2) is 0 Å². The van der Waals surface area contributed by atoms with E-state index in [2.05, 4.69) is 69.5 Å². The van der Waals surface area contributed by atoms with E-state index in [1.54, 1.807) is 0 Å². The van der Waals surface area contributed by atoms with Crippen LogP contribution in [0.4, 0.5) is 5.69 Å². The number of hydrogen-bond acceptors (Lipinski definition) is 2. The largest absolute Gasteiger partial charge is 0.364 e. The molecule has 0 radical (unpaired) electrons. The van der Waals surface area contributed by atoms with Crippen LogP contribution < -0.4 is 10.2 Å². The number of halogens is 2. The lowest BCUT2D eigenvalue weighted by Crippen LogP contribution is -2.51. The van der Waals surface area contributed by atoms with Crippen molar-refractivity contribution < 1.29 is 0 Å². The first-order valence-electron chi connectivity index (χ1n) is 7.15. The van der Waals surface area contributed by atoms with Gasteiger partial charge in [0.1, 0.15) is 0 Å². The van der Waals surface area contributed by atoms with Crippen molar-refractivity contribution in [2.75, 3.05) is 18.0 Å². The molecule has 1 N–H and O–H groups in total. The number of anilines is 1. The molecule has 1 aliphatic rings. The van der Waals surface area contributed by atoms with Crippen molar-refractivity contribution in [3.8, 4) is 0 Å². The van der Waals surface area contributed by atoms with E-state index < -0.39 is 0 Å². The fraction of sp³-hybridized carbons (Fsp3) is 0.294. The standard InChI is InChI=1S/C17H18BrClN2/c1-12-10-20-16(13-5-3-2-4-6-13)11-21(12)17-8-7-14(18)9-15(17)19/h2-9,12,16,20H,10-11H2,1H3. The van der Waals surface area contributed by atoms with E-state index in [-0.39, 0.29) is 0 Å². The lowest BCUT2D eigenvalue weighted by molar-refractivity contribution is 0.414. The van der Waals surface area contributed by atoms with E-state index in [1.807, 2.05) is 12.1 Å². The first-order chi connectivity index (χ1) is 10.1. The van der Waals surface area contributed by atoms with Gasteiger partial charge in [0.25, 0.3) is 0 Å². The summed E-state index contributed by atoms with van der Waals surface area (Å²) in [6.45, 7) is 4.10. The monoisotopic (exact) mass is 364 g/mol. The first kappa shape index (κ1) is 14.9. The highest BCUT2D eigenvalue weighted by Gasteiger charge is 2.27. The fourth-order valence-electron chi connectivity index (χ4n) is 2.82. The third-order valence-electron chi connectivity index (χ3n) is 3.99. The zero-order valence-electron chi connectivity index (χ0n) is 11.9. The summed E-state index contributed by atoms with van der Waals surface area (Å²) in [7, 11) is 0. The van der Waals surface area contributed by atoms with Gasteiger partial charge >= 0.3 is 0 Å². The molecule has 0 amide bonds. The van der Waals surface area contributed by atoms with Crippen LogP contribution in [0.15, 0.2) is 53.0 Å². The predicted molar refractivity (Wildman–Crippen MR) is 93.1 cm³/mol. The fourth-order valence-corrected chi connectivity index (χ4v) is 3.60. The Morgan fingerprint density at radius 3 is 2.67 bits per heavy atom. The highest BCUT2D eigenvalue weighted by molar-refractivity contribution is 9.10. The van der Waals surface area contributed by atoms with Crippen LogP contribution in [0.2, 0.25) is 5.02 Å². The molecule has 4 heteroatoms. The van der Waals surface area contributed by atoms with E-state index in [1.165, 1.54) is 5.56 Å². The van der Waals surface area contributed by atoms with Gasteiger partial charge in [0.2, 0.25) is 0 Å². The molecule has 1 aliphatic heterocycles. The second kappa shape index (κ2) is 6.39. The molecule has 2 nitrogen and oxygen atoms in total. The van der Waals surface area contributed by atoms with E-state index >= 15 is 0 Å². The lowest BCUT2D eigenvalue weighted by atomic mass is 10.0. The van der Waals surface area contributed by atoms with Gasteiger partial charge in [-0.2, -0.15) is 0 Å². The summed E-state index contributed by atoms with van der Waals surface area (Å²) in [5.74, 6) is 0. The molecule has 1 heterocycles. The molecule has 0 aromatic heterocycles. The van der Waals surface area contributed by atoms with Gasteiger partial charge in [0.05, 0.1) is 10.7 Å². The Labute approximate surface area is 139 Å². The van der Waals surface area contributed by atoms with Gasteiger partial charge in [-0.3, -0.25) is 0 Å². The number of benzene rings is 2. The molecule has 110 valence electrons. The average Bonchev–Trinajstić information content (AvgIpc) is 2.49. The van der Waals surface area contributed by atoms with Gasteiger partial charge < -0.3 is 10.2 Å². The summed E-state index contributed by atoms with van der Waals surface area (Å²) < 4.78 is 1.01. The zero-order valence-corrected chi connectivity index (χ0v) is 14.2. The zero-order chi connectivity index (χ0) is 14.8. The van der Waals surface area contributed by atoms with Gasteiger partial charge in [0.15, 0.2) is 0 Å². The first-order valence-corrected chi connectivity index (χ1v) is 8.32. The van der Waals surface area contributed by atoms with E-state index in [0.717, 1.165) is 28.3 Å². The molecule has 0 bridgehead atoms. The Balaban J connectivity index is 1.87. The third-order valence-corrected chi connectivity index (χ3v) is 4.79. The van der Waals surface area contributed by atoms with Crippen LogP contribution in [-0.4, -0.2) is 19.1 Å². The Morgan fingerprint density at radius 2 is 1.95 bits per heavy atom. The van der Waals surface area contributed by atoms with E-state index in [0.29, 0.717) is 12.1 Å². The molecule has 1 saturated heterocycles. The number of hydrogen-bond donors (Lipinski definition) is 1. The molecule has 0 saturated carbocycles. The van der Waals surface area contributed by atoms with Crippen molar-refractivity contribution in [1.29, 1.82) is 0 Å². The van der Waals surface area contributed by atoms with Crippen molar-refractivity contribution in [3.63, 3.8) is 0 Å². The quantitative estimate of drug-likeness (QED) is 0.834. The second-order valence-corrected chi connectivity index (χ2v) is 6.79. The summed E-state index contributed by atoms with van der Waals surface area (Å²) in [5, 5.41) is 4.42. The molecule has 1 fully saturated rings. The van der Waals surface area contributed by atoms with Gasteiger partial charge in [0, 0.05) is 29.6 Å². The minimum absolute atomic E-state index is 0.335. The third kappa shape index (κ3) is 3.25. The minimum atomic E-state index is 0.335. The average molecular weight is 366 g/mol. The maximum atomic E-state index is 6.43. The summed E-state index contributed by atoms with van der Waals surface area (Å²) >= 11 is 9.90. The molecule has 2 aromatic rings. The van der Waals surface area contributed by atoms with Crippen molar-refractivity contribution in [3.05, 3.63) is 63.6 Å². The van der Waals surface area contributed by atoms with Crippen molar-refractivity contribution in [1.82, 2.24) is 5.32 Å². The van der Waals surface area contributed by atoms with E-state index in [4.69, 9.17) is 11.6 Å². The predicted octanol–water partition coefficient (Wildman–Crippen LogP) is 4.64. The van der Waals surface area contributed by atoms with Crippen LogP contribution in [0.3, 0.4) is 0 Å². The van der Waals surface area contributed by atoms with Crippen LogP contribution in [0.1, 0.15) is 18.5 Å². The number of rotatable bonds is 2. The Hall–Kier alpha value is -1.03. The SMILES string of the molecule is CC1CNC(c2ccccc2)CN1c1ccc(Br)cc1Cl. The smallest absolute Gasteiger partial charge is 0.0650 e. The molecule has 0 aliphatic carbocycles. The van der Waals surface area contributed by atoms with Crippen LogP contribution in [-0.2, 0) is 0 Å². The number of piperazine rings is 1. The molecule has 0 spiro atoms. The summed E-state index contributed by atoms with van der Waals surface area (Å²) in [6.07, 6.45) is 0. The van der Waals surface area contributed by atoms with Gasteiger partial charge in [-0.15, -0.1) is 0 Å². The maximum Gasteiger partial charge on any atom is 0.0650 e. The normalized spacial score (nSPS) is 22.3. The highest BCUT2D eigenvalue weighted by atomic mass is 79.9. The molecular weight excluding hydrogens is 348 g/mol. The summed E-state index contributed by atoms with van der Waals surface area (Å²) in [4.78, 5) is 2.39. The van der Waals surface area contributed by atoms with E-state index in [9.17, 15) is 0 Å². The Bertz CT molecular complexity index is 617. The topological polar surface area (TPSA) is 15.3 Å². The van der Waals surface area contributed by atoms with Crippen LogP contribution in [0.25, 0.3) is 0 Å². The summed E-state index contributed by atoms with van der Waals surface area (Å²) in [5.41, 5.74) is 2.43. The van der Waals surface area contributed by atoms with Crippen molar-refractivity contribution in [2.45, 2.75) is 19.0 Å². The van der Waals surface area contributed by atoms with Crippen LogP contribution in [0, 0.1) is 0 Å². The number of nitrogens with zero attached hydrogens (tertiary/aromatic N) is 1. The molecule has 2 atom stereocenters. The minimum Gasteiger partial charge on any atom is -0.364 e. The Kier molecular flexibility index (Phi) is 4.53. The highest BCUT2D eigenvalue weighted by Crippen LogP contribution is 2.33. The van der Waals surface area contributed by atoms with Gasteiger partial charge in [-0.05, 0) is 30.7 Å². The van der Waals surface area contributed by atoms with Gasteiger partial charge in [-0.1, -0.05) is 57.9 Å². The van der Waals surface area contributed by atoms with Crippen molar-refractivity contribution >= 4 is 33.2 Å². The molecule has 3 rings (SSSR count). The van der Waals surface area contributed by atoms with Crippen molar-refractivity contribution in [2.24, 2.45) is 0 Å². The molecule has 2 aromatic carbocycles. The summed E-state index contributed by atoms with van der Waals surface area (Å²) in [6, 6.07) is 17.4.